The first-order valence-electron chi connectivity index (χ1n) is 9.42. The number of nitrogens with zero attached hydrogens (tertiary/aromatic N) is 1. The van der Waals surface area contributed by atoms with Crippen LogP contribution in [0, 0.1) is 6.92 Å². The zero-order valence-electron chi connectivity index (χ0n) is 16.7. The molecule has 0 spiro atoms. The van der Waals surface area contributed by atoms with Gasteiger partial charge in [-0.2, -0.15) is 13.2 Å². The summed E-state index contributed by atoms with van der Waals surface area (Å²) in [6, 6.07) is 13.2. The first kappa shape index (κ1) is 22.1. The smallest absolute Gasteiger partial charge is 0.360 e. The number of aryl methyl sites for hydroxylation is 1. The molecular weight excluding hydrogens is 461 g/mol. The van der Waals surface area contributed by atoms with Gasteiger partial charge in [0.2, 0.25) is 5.78 Å². The van der Waals surface area contributed by atoms with E-state index in [-0.39, 0.29) is 22.8 Å². The van der Waals surface area contributed by atoms with Crippen LogP contribution in [0.2, 0.25) is 0 Å². The minimum atomic E-state index is -4.55. The molecule has 10 heteroatoms. The van der Waals surface area contributed by atoms with Crippen LogP contribution >= 0.6 is 11.3 Å². The molecule has 1 aliphatic rings. The molecule has 2 heterocycles. The molecule has 0 aliphatic carbocycles. The number of Topliss-reactive ketones (excluding diaryl/α,β-unsaturated/α-hetero) is 1. The van der Waals surface area contributed by atoms with Crippen LogP contribution in [-0.4, -0.2) is 14.2 Å². The van der Waals surface area contributed by atoms with Crippen molar-refractivity contribution < 1.29 is 26.4 Å². The topological polar surface area (TPSA) is 66.5 Å². The second-order valence-electron chi connectivity index (χ2n) is 7.19. The number of rotatable bonds is 4. The van der Waals surface area contributed by atoms with Crippen molar-refractivity contribution in [3.63, 3.8) is 0 Å². The van der Waals surface area contributed by atoms with Crippen molar-refractivity contribution in [3.05, 3.63) is 92.6 Å². The molecule has 0 atom stereocenters. The number of carbonyl (C=O) groups is 1. The van der Waals surface area contributed by atoms with Gasteiger partial charge in [-0.3, -0.25) is 9.10 Å². The van der Waals surface area contributed by atoms with E-state index in [1.54, 1.807) is 23.6 Å². The number of nitrogens with one attached hydrogen (secondary N) is 1. The van der Waals surface area contributed by atoms with Crippen molar-refractivity contribution in [1.29, 1.82) is 0 Å². The van der Waals surface area contributed by atoms with Gasteiger partial charge in [0.1, 0.15) is 4.88 Å². The maximum Gasteiger partial charge on any atom is 0.416 e. The van der Waals surface area contributed by atoms with Crippen LogP contribution in [0.25, 0.3) is 0 Å². The van der Waals surface area contributed by atoms with Gasteiger partial charge in [0.15, 0.2) is 4.91 Å². The van der Waals surface area contributed by atoms with Crippen molar-refractivity contribution in [2.75, 3.05) is 9.62 Å². The fourth-order valence-electron chi connectivity index (χ4n) is 3.25. The normalized spacial score (nSPS) is 16.8. The molecule has 166 valence electrons. The number of hydrogen-bond acceptors (Lipinski definition) is 5. The van der Waals surface area contributed by atoms with E-state index >= 15 is 0 Å². The molecule has 1 N–H and O–H groups in total. The lowest BCUT2D eigenvalue weighted by atomic mass is 10.1. The Balaban J connectivity index is 1.71. The third-order valence-corrected chi connectivity index (χ3v) is 7.59. The van der Waals surface area contributed by atoms with E-state index in [9.17, 15) is 26.4 Å². The molecule has 0 radical (unpaired) electrons. The monoisotopic (exact) mass is 478 g/mol. The number of halogens is 3. The number of carbonyl (C=O) groups excluding carboxylic acids is 1. The van der Waals surface area contributed by atoms with E-state index in [1.807, 2.05) is 19.1 Å². The van der Waals surface area contributed by atoms with Crippen LogP contribution < -0.4 is 9.62 Å². The quantitative estimate of drug-likeness (QED) is 0.499. The van der Waals surface area contributed by atoms with Crippen LogP contribution in [0.15, 0.2) is 71.1 Å². The third kappa shape index (κ3) is 4.15. The molecule has 0 saturated carbocycles. The molecule has 4 rings (SSSR count). The molecule has 0 saturated heterocycles. The Bertz CT molecular complexity index is 1310. The Morgan fingerprint density at radius 2 is 1.81 bits per heavy atom. The molecule has 1 aromatic heterocycles. The molecular formula is C22H17F3N2O3S2. The van der Waals surface area contributed by atoms with E-state index in [0.717, 1.165) is 45.1 Å². The summed E-state index contributed by atoms with van der Waals surface area (Å²) in [7, 11) is -4.25. The molecule has 2 aromatic carbocycles. The fourth-order valence-corrected chi connectivity index (χ4v) is 5.73. The van der Waals surface area contributed by atoms with E-state index in [4.69, 9.17) is 0 Å². The van der Waals surface area contributed by atoms with Gasteiger partial charge in [0.05, 0.1) is 17.8 Å². The summed E-state index contributed by atoms with van der Waals surface area (Å²) in [5.74, 6) is -0.699. The van der Waals surface area contributed by atoms with Gasteiger partial charge in [-0.1, -0.05) is 35.9 Å². The van der Waals surface area contributed by atoms with Gasteiger partial charge < -0.3 is 5.32 Å². The highest BCUT2D eigenvalue weighted by Gasteiger charge is 2.41. The van der Waals surface area contributed by atoms with Crippen LogP contribution in [-0.2, 0) is 22.7 Å². The molecule has 0 bridgehead atoms. The zero-order chi connectivity index (χ0) is 23.1. The minimum absolute atomic E-state index is 0.0115. The van der Waals surface area contributed by atoms with Crippen molar-refractivity contribution in [2.45, 2.75) is 19.6 Å². The maximum absolute atomic E-state index is 13.3. The Hall–Kier alpha value is -3.11. The molecule has 1 aliphatic heterocycles. The van der Waals surface area contributed by atoms with Crippen LogP contribution in [0.5, 0.6) is 0 Å². The Morgan fingerprint density at radius 1 is 1.09 bits per heavy atom. The molecule has 0 amide bonds. The molecule has 32 heavy (non-hydrogen) atoms. The third-order valence-electron chi connectivity index (χ3n) is 4.92. The number of thiophene rings is 1. The van der Waals surface area contributed by atoms with Gasteiger partial charge in [0.25, 0.3) is 10.0 Å². The highest BCUT2D eigenvalue weighted by Crippen LogP contribution is 2.39. The van der Waals surface area contributed by atoms with E-state index < -0.39 is 32.5 Å². The number of anilines is 2. The average Bonchev–Trinajstić information content (AvgIpc) is 3.22. The van der Waals surface area contributed by atoms with Crippen molar-refractivity contribution in [1.82, 2.24) is 0 Å². The highest BCUT2D eigenvalue weighted by atomic mass is 32.2. The van der Waals surface area contributed by atoms with Crippen molar-refractivity contribution in [3.8, 4) is 0 Å². The van der Waals surface area contributed by atoms with E-state index in [2.05, 4.69) is 5.32 Å². The van der Waals surface area contributed by atoms with E-state index in [0.29, 0.717) is 0 Å². The van der Waals surface area contributed by atoms with E-state index in [1.165, 1.54) is 12.1 Å². The standard InChI is InChI=1S/C22H17F3N2O3S2/c1-14-5-7-15(8-6-14)13-27-18-9-10-31-21(18)20(28)19(32(27,29)30)12-26-17-4-2-3-16(11-17)22(23,24)25/h2-12,26H,13H2,1H3. The SMILES string of the molecule is Cc1ccc(CN2c3ccsc3C(=O)C(=CNc3cccc(C(F)(F)F)c3)S2(=O)=O)cc1. The Morgan fingerprint density at radius 3 is 2.50 bits per heavy atom. The summed E-state index contributed by atoms with van der Waals surface area (Å²) >= 11 is 1.11. The second-order valence-corrected chi connectivity index (χ2v) is 9.94. The summed E-state index contributed by atoms with van der Waals surface area (Å²) < 4.78 is 66.7. The molecule has 3 aromatic rings. The lowest BCUT2D eigenvalue weighted by Crippen LogP contribution is -2.38. The predicted octanol–water partition coefficient (Wildman–Crippen LogP) is 5.56. The summed E-state index contributed by atoms with van der Waals surface area (Å²) in [4.78, 5) is 12.6. The Labute approximate surface area is 186 Å². The lowest BCUT2D eigenvalue weighted by molar-refractivity contribution is -0.137. The van der Waals surface area contributed by atoms with Gasteiger partial charge in [-0.15, -0.1) is 11.3 Å². The number of ketones is 1. The second kappa shape index (κ2) is 8.10. The van der Waals surface area contributed by atoms with Gasteiger partial charge in [-0.25, -0.2) is 8.42 Å². The Kier molecular flexibility index (Phi) is 5.59. The largest absolute Gasteiger partial charge is 0.416 e. The van der Waals surface area contributed by atoms with Gasteiger partial charge >= 0.3 is 6.18 Å². The number of hydrogen-bond donors (Lipinski definition) is 1. The summed E-state index contributed by atoms with van der Waals surface area (Å²) in [6.45, 7) is 1.93. The molecule has 0 unspecified atom stereocenters. The predicted molar refractivity (Wildman–Crippen MR) is 118 cm³/mol. The lowest BCUT2D eigenvalue weighted by Gasteiger charge is -2.29. The maximum atomic E-state index is 13.3. The number of benzene rings is 2. The number of alkyl halides is 3. The van der Waals surface area contributed by atoms with Crippen LogP contribution in [0.3, 0.4) is 0 Å². The minimum Gasteiger partial charge on any atom is -0.360 e. The summed E-state index contributed by atoms with van der Waals surface area (Å²) in [5, 5.41) is 4.17. The van der Waals surface area contributed by atoms with Gasteiger partial charge in [0, 0.05) is 11.9 Å². The highest BCUT2D eigenvalue weighted by molar-refractivity contribution is 7.97. The number of sulfonamides is 1. The van der Waals surface area contributed by atoms with Crippen LogP contribution in [0.1, 0.15) is 26.4 Å². The fraction of sp³-hybridized carbons (Fsp3) is 0.136. The molecule has 0 fully saturated rings. The zero-order valence-corrected chi connectivity index (χ0v) is 18.3. The first-order chi connectivity index (χ1) is 15.1. The summed E-state index contributed by atoms with van der Waals surface area (Å²) in [5.41, 5.74) is 1.16. The number of allylic oxidation sites excluding steroid dienone is 1. The molecule has 5 nitrogen and oxygen atoms in total. The van der Waals surface area contributed by atoms with Crippen LogP contribution in [0.4, 0.5) is 24.5 Å². The number of fused-ring (bicyclic) bond motifs is 1. The van der Waals surface area contributed by atoms with Gasteiger partial charge in [-0.05, 0) is 42.1 Å². The summed E-state index contributed by atoms with van der Waals surface area (Å²) in [6.07, 6.45) is -3.59. The van der Waals surface area contributed by atoms with Crippen molar-refractivity contribution in [2.24, 2.45) is 0 Å². The van der Waals surface area contributed by atoms with Crippen molar-refractivity contribution >= 4 is 38.5 Å². The first-order valence-corrected chi connectivity index (χ1v) is 11.7. The average molecular weight is 479 g/mol.